The summed E-state index contributed by atoms with van der Waals surface area (Å²) in [5, 5.41) is 8.81. The van der Waals surface area contributed by atoms with Gasteiger partial charge in [0, 0.05) is 29.4 Å². The lowest BCUT2D eigenvalue weighted by atomic mass is 10.1. The molecule has 0 saturated heterocycles. The lowest BCUT2D eigenvalue weighted by Gasteiger charge is -2.17. The van der Waals surface area contributed by atoms with Crippen LogP contribution in [0.3, 0.4) is 0 Å². The molecule has 2 N–H and O–H groups in total. The number of hydrogen-bond acceptors (Lipinski definition) is 5. The number of aliphatic imine (C=N–C) groups is 1. The Morgan fingerprint density at radius 2 is 1.85 bits per heavy atom. The van der Waals surface area contributed by atoms with Crippen LogP contribution in [0.25, 0.3) is 0 Å². The first-order valence-electron chi connectivity index (χ1n) is 8.97. The fourth-order valence-corrected chi connectivity index (χ4v) is 3.50. The van der Waals surface area contributed by atoms with E-state index in [9.17, 15) is 0 Å². The van der Waals surface area contributed by atoms with Gasteiger partial charge in [-0.15, -0.1) is 11.3 Å². The van der Waals surface area contributed by atoms with Gasteiger partial charge in [-0.2, -0.15) is 0 Å². The molecule has 1 atom stereocenters. The topological polar surface area (TPSA) is 64.1 Å². The number of benzene rings is 1. The van der Waals surface area contributed by atoms with E-state index < -0.39 is 0 Å². The van der Waals surface area contributed by atoms with Crippen molar-refractivity contribution in [1.82, 2.24) is 10.6 Å². The molecule has 7 heteroatoms. The van der Waals surface area contributed by atoms with Crippen molar-refractivity contribution in [3.8, 4) is 17.2 Å². The highest BCUT2D eigenvalue weighted by Gasteiger charge is 2.15. The quantitative estimate of drug-likeness (QED) is 0.505. The molecule has 6 nitrogen and oxygen atoms in total. The van der Waals surface area contributed by atoms with Crippen LogP contribution < -0.4 is 24.8 Å². The van der Waals surface area contributed by atoms with E-state index in [1.807, 2.05) is 12.1 Å². The summed E-state index contributed by atoms with van der Waals surface area (Å²) in [5.41, 5.74) is 0.929. The van der Waals surface area contributed by atoms with E-state index >= 15 is 0 Å². The molecule has 0 bridgehead atoms. The minimum Gasteiger partial charge on any atom is -0.493 e. The van der Waals surface area contributed by atoms with Crippen LogP contribution in [0.15, 0.2) is 34.6 Å². The van der Waals surface area contributed by atoms with E-state index in [2.05, 4.69) is 42.0 Å². The number of thiophene rings is 1. The first-order valence-corrected chi connectivity index (χ1v) is 9.85. The molecule has 0 amide bonds. The Labute approximate surface area is 165 Å². The molecule has 148 valence electrons. The Kier molecular flexibility index (Phi) is 8.26. The predicted molar refractivity (Wildman–Crippen MR) is 112 cm³/mol. The lowest BCUT2D eigenvalue weighted by Crippen LogP contribution is -2.39. The van der Waals surface area contributed by atoms with Gasteiger partial charge in [-0.3, -0.25) is 0 Å². The van der Waals surface area contributed by atoms with Gasteiger partial charge >= 0.3 is 0 Å². The molecule has 0 aliphatic heterocycles. The molecule has 0 saturated carbocycles. The van der Waals surface area contributed by atoms with Gasteiger partial charge in [0.2, 0.25) is 5.75 Å². The average molecular weight is 392 g/mol. The van der Waals surface area contributed by atoms with Crippen molar-refractivity contribution >= 4 is 17.3 Å². The van der Waals surface area contributed by atoms with Crippen LogP contribution in [0.2, 0.25) is 0 Å². The Morgan fingerprint density at radius 3 is 2.44 bits per heavy atom. The highest BCUT2D eigenvalue weighted by atomic mass is 32.1. The van der Waals surface area contributed by atoms with Gasteiger partial charge in [0.25, 0.3) is 0 Å². The van der Waals surface area contributed by atoms with E-state index in [1.165, 1.54) is 4.88 Å². The third-order valence-electron chi connectivity index (χ3n) is 4.14. The summed E-state index contributed by atoms with van der Waals surface area (Å²) in [6.45, 7) is 6.33. The van der Waals surface area contributed by atoms with Gasteiger partial charge < -0.3 is 24.8 Å². The summed E-state index contributed by atoms with van der Waals surface area (Å²) < 4.78 is 16.3. The minimum absolute atomic E-state index is 0.421. The molecule has 0 spiro atoms. The molecule has 0 radical (unpaired) electrons. The summed E-state index contributed by atoms with van der Waals surface area (Å²) in [5.74, 6) is 3.06. The monoisotopic (exact) mass is 391 g/mol. The molecular weight excluding hydrogens is 362 g/mol. The van der Waals surface area contributed by atoms with Gasteiger partial charge in [-0.25, -0.2) is 4.99 Å². The first-order chi connectivity index (χ1) is 13.1. The number of nitrogens with zero attached hydrogens (tertiary/aromatic N) is 1. The number of methoxy groups -OCH3 is 3. The van der Waals surface area contributed by atoms with Gasteiger partial charge in [0.15, 0.2) is 17.5 Å². The molecule has 1 aromatic carbocycles. The smallest absolute Gasteiger partial charge is 0.203 e. The number of guanidine groups is 1. The van der Waals surface area contributed by atoms with Crippen molar-refractivity contribution in [2.75, 3.05) is 34.4 Å². The third-order valence-corrected chi connectivity index (χ3v) is 5.25. The zero-order chi connectivity index (χ0) is 19.6. The number of hydrogen-bond donors (Lipinski definition) is 2. The van der Waals surface area contributed by atoms with Crippen LogP contribution in [-0.2, 0) is 6.54 Å². The fourth-order valence-electron chi connectivity index (χ4n) is 2.72. The number of nitrogens with one attached hydrogen (secondary N) is 2. The summed E-state index contributed by atoms with van der Waals surface area (Å²) in [6, 6.07) is 8.06. The number of rotatable bonds is 9. The molecule has 1 aromatic heterocycles. The van der Waals surface area contributed by atoms with Crippen molar-refractivity contribution < 1.29 is 14.2 Å². The summed E-state index contributed by atoms with van der Waals surface area (Å²) in [4.78, 5) is 6.06. The SMILES string of the molecule is CCNC(=NCc1ccc(OC)c(OC)c1OC)NCC(C)c1cccs1. The van der Waals surface area contributed by atoms with Gasteiger partial charge in [0.05, 0.1) is 27.9 Å². The molecule has 0 aliphatic rings. The van der Waals surface area contributed by atoms with Crippen LogP contribution in [0.5, 0.6) is 17.2 Å². The second-order valence-corrected chi connectivity index (χ2v) is 6.97. The maximum absolute atomic E-state index is 5.54. The van der Waals surface area contributed by atoms with E-state index in [1.54, 1.807) is 32.7 Å². The van der Waals surface area contributed by atoms with Crippen LogP contribution in [0.1, 0.15) is 30.2 Å². The van der Waals surface area contributed by atoms with Crippen LogP contribution in [0.4, 0.5) is 0 Å². The van der Waals surface area contributed by atoms with E-state index in [0.717, 1.165) is 24.6 Å². The van der Waals surface area contributed by atoms with Gasteiger partial charge in [-0.05, 0) is 30.5 Å². The van der Waals surface area contributed by atoms with Crippen molar-refractivity contribution in [2.45, 2.75) is 26.3 Å². The number of ether oxygens (including phenoxy) is 3. The lowest BCUT2D eigenvalue weighted by molar-refractivity contribution is 0.322. The van der Waals surface area contributed by atoms with Crippen LogP contribution >= 0.6 is 11.3 Å². The zero-order valence-electron chi connectivity index (χ0n) is 16.7. The molecule has 0 fully saturated rings. The molecule has 27 heavy (non-hydrogen) atoms. The second-order valence-electron chi connectivity index (χ2n) is 5.99. The maximum atomic E-state index is 5.54. The highest BCUT2D eigenvalue weighted by Crippen LogP contribution is 2.39. The Bertz CT molecular complexity index is 732. The third kappa shape index (κ3) is 5.53. The van der Waals surface area contributed by atoms with Crippen molar-refractivity contribution in [3.63, 3.8) is 0 Å². The minimum atomic E-state index is 0.421. The molecule has 1 heterocycles. The summed E-state index contributed by atoms with van der Waals surface area (Å²) in [7, 11) is 4.83. The van der Waals surface area contributed by atoms with Crippen molar-refractivity contribution in [2.24, 2.45) is 4.99 Å². The van der Waals surface area contributed by atoms with E-state index in [0.29, 0.717) is 29.7 Å². The average Bonchev–Trinajstić information content (AvgIpc) is 3.23. The van der Waals surface area contributed by atoms with Gasteiger partial charge in [-0.1, -0.05) is 13.0 Å². The van der Waals surface area contributed by atoms with Crippen molar-refractivity contribution in [3.05, 3.63) is 40.1 Å². The molecule has 2 rings (SSSR count). The van der Waals surface area contributed by atoms with Crippen molar-refractivity contribution in [1.29, 1.82) is 0 Å². The maximum Gasteiger partial charge on any atom is 0.203 e. The molecular formula is C20H29N3O3S. The highest BCUT2D eigenvalue weighted by molar-refractivity contribution is 7.10. The summed E-state index contributed by atoms with van der Waals surface area (Å²) >= 11 is 1.78. The standard InChI is InChI=1S/C20H29N3O3S/c1-6-21-20(22-12-14(2)17-8-7-11-27-17)23-13-15-9-10-16(24-3)19(26-5)18(15)25-4/h7-11,14H,6,12-13H2,1-5H3,(H2,21,22,23). The Hall–Kier alpha value is -2.41. The Balaban J connectivity index is 2.11. The van der Waals surface area contributed by atoms with Crippen LogP contribution in [0, 0.1) is 0 Å². The van der Waals surface area contributed by atoms with E-state index in [-0.39, 0.29) is 0 Å². The molecule has 2 aromatic rings. The Morgan fingerprint density at radius 1 is 1.07 bits per heavy atom. The first kappa shape index (κ1) is 20.9. The predicted octanol–water partition coefficient (Wildman–Crippen LogP) is 3.63. The second kappa shape index (κ2) is 10.7. The fraction of sp³-hybridized carbons (Fsp3) is 0.450. The normalized spacial score (nSPS) is 12.4. The summed E-state index contributed by atoms with van der Waals surface area (Å²) in [6.07, 6.45) is 0. The zero-order valence-corrected chi connectivity index (χ0v) is 17.5. The molecule has 1 unspecified atom stereocenters. The van der Waals surface area contributed by atoms with E-state index in [4.69, 9.17) is 19.2 Å². The van der Waals surface area contributed by atoms with Crippen LogP contribution in [-0.4, -0.2) is 40.4 Å². The molecule has 0 aliphatic carbocycles. The van der Waals surface area contributed by atoms with Gasteiger partial charge in [0.1, 0.15) is 0 Å². The largest absolute Gasteiger partial charge is 0.493 e.